The van der Waals surface area contributed by atoms with Crippen LogP contribution in [-0.2, 0) is 6.42 Å². The molecule has 0 saturated heterocycles. The maximum Gasteiger partial charge on any atom is 0.0744 e. The van der Waals surface area contributed by atoms with E-state index in [1.807, 2.05) is 0 Å². The van der Waals surface area contributed by atoms with Crippen molar-refractivity contribution in [2.75, 3.05) is 0 Å². The van der Waals surface area contributed by atoms with Gasteiger partial charge in [-0.15, -0.1) is 0 Å². The SMILES string of the molecule is CCCCc1c(-c2ccccc2)nc2ccccc2c1C. The number of para-hydroxylation sites is 1. The molecular weight excluding hydrogens is 254 g/mol. The summed E-state index contributed by atoms with van der Waals surface area (Å²) in [5.74, 6) is 0. The van der Waals surface area contributed by atoms with Crippen LogP contribution in [0.15, 0.2) is 54.6 Å². The molecule has 0 radical (unpaired) electrons. The molecule has 106 valence electrons. The Labute approximate surface area is 126 Å². The molecule has 3 aromatic rings. The normalized spacial score (nSPS) is 11.0. The number of hydrogen-bond donors (Lipinski definition) is 0. The van der Waals surface area contributed by atoms with Crippen LogP contribution < -0.4 is 0 Å². The van der Waals surface area contributed by atoms with Gasteiger partial charge in [-0.3, -0.25) is 0 Å². The Morgan fingerprint density at radius 1 is 0.905 bits per heavy atom. The highest BCUT2D eigenvalue weighted by Crippen LogP contribution is 2.30. The molecule has 1 nitrogen and oxygen atoms in total. The molecule has 0 saturated carbocycles. The van der Waals surface area contributed by atoms with E-state index in [9.17, 15) is 0 Å². The zero-order valence-electron chi connectivity index (χ0n) is 12.8. The summed E-state index contributed by atoms with van der Waals surface area (Å²) in [7, 11) is 0. The van der Waals surface area contributed by atoms with Crippen molar-refractivity contribution in [3.63, 3.8) is 0 Å². The molecule has 0 spiro atoms. The van der Waals surface area contributed by atoms with Gasteiger partial charge < -0.3 is 0 Å². The lowest BCUT2D eigenvalue weighted by Gasteiger charge is -2.15. The molecule has 3 rings (SSSR count). The maximum absolute atomic E-state index is 4.96. The molecule has 0 aliphatic rings. The van der Waals surface area contributed by atoms with E-state index in [0.29, 0.717) is 0 Å². The van der Waals surface area contributed by atoms with Crippen molar-refractivity contribution < 1.29 is 0 Å². The van der Waals surface area contributed by atoms with Gasteiger partial charge in [0.2, 0.25) is 0 Å². The number of fused-ring (bicyclic) bond motifs is 1. The summed E-state index contributed by atoms with van der Waals surface area (Å²) in [5.41, 5.74) is 6.25. The lowest BCUT2D eigenvalue weighted by molar-refractivity contribution is 0.791. The monoisotopic (exact) mass is 275 g/mol. The summed E-state index contributed by atoms with van der Waals surface area (Å²) >= 11 is 0. The third-order valence-electron chi connectivity index (χ3n) is 4.11. The number of rotatable bonds is 4. The molecule has 1 heteroatoms. The standard InChI is InChI=1S/C20H21N/c1-3-4-12-18-15(2)17-13-8-9-14-19(17)21-20(18)16-10-6-5-7-11-16/h5-11,13-14H,3-4,12H2,1-2H3. The van der Waals surface area contributed by atoms with Crippen molar-refractivity contribution in [3.8, 4) is 11.3 Å². The Balaban J connectivity index is 2.25. The number of benzene rings is 2. The summed E-state index contributed by atoms with van der Waals surface area (Å²) in [6, 6.07) is 19.0. The second-order valence-electron chi connectivity index (χ2n) is 5.55. The average molecular weight is 275 g/mol. The zero-order chi connectivity index (χ0) is 14.7. The van der Waals surface area contributed by atoms with E-state index in [1.54, 1.807) is 0 Å². The van der Waals surface area contributed by atoms with E-state index in [0.717, 1.165) is 17.6 Å². The molecule has 0 N–H and O–H groups in total. The summed E-state index contributed by atoms with van der Waals surface area (Å²) in [6.45, 7) is 4.48. The minimum atomic E-state index is 1.09. The third-order valence-corrected chi connectivity index (χ3v) is 4.11. The fraction of sp³-hybridized carbons (Fsp3) is 0.250. The molecule has 2 aromatic carbocycles. The predicted octanol–water partition coefficient (Wildman–Crippen LogP) is 5.55. The molecule has 0 amide bonds. The molecule has 0 bridgehead atoms. The largest absolute Gasteiger partial charge is 0.247 e. The van der Waals surface area contributed by atoms with E-state index in [1.165, 1.54) is 34.9 Å². The Bertz CT molecular complexity index is 744. The molecule has 1 heterocycles. The Morgan fingerprint density at radius 3 is 2.38 bits per heavy atom. The molecule has 0 fully saturated rings. The number of aromatic nitrogens is 1. The van der Waals surface area contributed by atoms with Crippen LogP contribution in [0.5, 0.6) is 0 Å². The minimum Gasteiger partial charge on any atom is -0.247 e. The summed E-state index contributed by atoms with van der Waals surface area (Å²) in [6.07, 6.45) is 3.52. The molecular formula is C20H21N. The second-order valence-corrected chi connectivity index (χ2v) is 5.55. The Morgan fingerprint density at radius 2 is 1.62 bits per heavy atom. The van der Waals surface area contributed by atoms with Crippen LogP contribution >= 0.6 is 0 Å². The number of unbranched alkanes of at least 4 members (excludes halogenated alkanes) is 1. The Kier molecular flexibility index (Phi) is 4.01. The number of pyridine rings is 1. The maximum atomic E-state index is 4.96. The first kappa shape index (κ1) is 13.8. The highest BCUT2D eigenvalue weighted by molar-refractivity contribution is 5.87. The van der Waals surface area contributed by atoms with Crippen LogP contribution in [0.2, 0.25) is 0 Å². The van der Waals surface area contributed by atoms with E-state index < -0.39 is 0 Å². The molecule has 21 heavy (non-hydrogen) atoms. The van der Waals surface area contributed by atoms with Gasteiger partial charge in [0.15, 0.2) is 0 Å². The fourth-order valence-corrected chi connectivity index (χ4v) is 2.91. The van der Waals surface area contributed by atoms with Crippen LogP contribution in [-0.4, -0.2) is 4.98 Å². The summed E-state index contributed by atoms with van der Waals surface area (Å²) < 4.78 is 0. The van der Waals surface area contributed by atoms with Gasteiger partial charge in [-0.1, -0.05) is 61.9 Å². The van der Waals surface area contributed by atoms with Gasteiger partial charge in [-0.2, -0.15) is 0 Å². The summed E-state index contributed by atoms with van der Waals surface area (Å²) in [4.78, 5) is 4.96. The van der Waals surface area contributed by atoms with E-state index >= 15 is 0 Å². The van der Waals surface area contributed by atoms with Gasteiger partial charge in [0, 0.05) is 10.9 Å². The van der Waals surface area contributed by atoms with Crippen LogP contribution in [0.25, 0.3) is 22.2 Å². The van der Waals surface area contributed by atoms with Crippen molar-refractivity contribution in [1.82, 2.24) is 4.98 Å². The van der Waals surface area contributed by atoms with Crippen molar-refractivity contribution >= 4 is 10.9 Å². The van der Waals surface area contributed by atoms with Gasteiger partial charge in [0.05, 0.1) is 11.2 Å². The third kappa shape index (κ3) is 2.69. The topological polar surface area (TPSA) is 12.9 Å². The smallest absolute Gasteiger partial charge is 0.0744 e. The van der Waals surface area contributed by atoms with E-state index in [-0.39, 0.29) is 0 Å². The van der Waals surface area contributed by atoms with E-state index in [2.05, 4.69) is 68.4 Å². The van der Waals surface area contributed by atoms with Gasteiger partial charge in [-0.25, -0.2) is 4.98 Å². The van der Waals surface area contributed by atoms with Crippen molar-refractivity contribution in [3.05, 3.63) is 65.7 Å². The van der Waals surface area contributed by atoms with Gasteiger partial charge in [0.1, 0.15) is 0 Å². The highest BCUT2D eigenvalue weighted by Gasteiger charge is 2.12. The Hall–Kier alpha value is -2.15. The van der Waals surface area contributed by atoms with Gasteiger partial charge in [0.25, 0.3) is 0 Å². The first-order valence-corrected chi connectivity index (χ1v) is 7.75. The molecule has 0 unspecified atom stereocenters. The lowest BCUT2D eigenvalue weighted by Crippen LogP contribution is -1.99. The van der Waals surface area contributed by atoms with Gasteiger partial charge >= 0.3 is 0 Å². The molecule has 0 aliphatic heterocycles. The van der Waals surface area contributed by atoms with Crippen molar-refractivity contribution in [2.24, 2.45) is 0 Å². The van der Waals surface area contributed by atoms with Crippen molar-refractivity contribution in [2.45, 2.75) is 33.1 Å². The lowest BCUT2D eigenvalue weighted by atomic mass is 9.94. The highest BCUT2D eigenvalue weighted by atomic mass is 14.7. The van der Waals surface area contributed by atoms with Crippen LogP contribution in [0.1, 0.15) is 30.9 Å². The number of hydrogen-bond acceptors (Lipinski definition) is 1. The number of aryl methyl sites for hydroxylation is 1. The van der Waals surface area contributed by atoms with Gasteiger partial charge in [-0.05, 0) is 37.0 Å². The molecule has 1 aromatic heterocycles. The fourth-order valence-electron chi connectivity index (χ4n) is 2.91. The first-order valence-electron chi connectivity index (χ1n) is 7.75. The quantitative estimate of drug-likeness (QED) is 0.608. The summed E-state index contributed by atoms with van der Waals surface area (Å²) in [5, 5.41) is 1.28. The first-order chi connectivity index (χ1) is 10.3. The van der Waals surface area contributed by atoms with E-state index in [4.69, 9.17) is 4.98 Å². The second kappa shape index (κ2) is 6.09. The van der Waals surface area contributed by atoms with Crippen LogP contribution in [0.3, 0.4) is 0 Å². The minimum absolute atomic E-state index is 1.09. The predicted molar refractivity (Wildman–Crippen MR) is 90.5 cm³/mol. The zero-order valence-corrected chi connectivity index (χ0v) is 12.8. The molecule has 0 atom stereocenters. The van der Waals surface area contributed by atoms with Crippen LogP contribution in [0.4, 0.5) is 0 Å². The van der Waals surface area contributed by atoms with Crippen molar-refractivity contribution in [1.29, 1.82) is 0 Å². The van der Waals surface area contributed by atoms with Crippen LogP contribution in [0, 0.1) is 6.92 Å². The number of nitrogens with zero attached hydrogens (tertiary/aromatic N) is 1. The average Bonchev–Trinajstić information content (AvgIpc) is 2.55. The molecule has 0 aliphatic carbocycles.